The molecule has 1 saturated carbocycles. The van der Waals surface area contributed by atoms with Crippen molar-refractivity contribution in [3.63, 3.8) is 0 Å². The summed E-state index contributed by atoms with van der Waals surface area (Å²) in [5.74, 6) is 1.50. The molecule has 2 N–H and O–H groups in total. The molecule has 0 unspecified atom stereocenters. The molecule has 1 aliphatic rings. The van der Waals surface area contributed by atoms with Crippen LogP contribution < -0.4 is 5.73 Å². The fourth-order valence-corrected chi connectivity index (χ4v) is 1.88. The van der Waals surface area contributed by atoms with Crippen LogP contribution in [0, 0.1) is 12.3 Å². The Bertz CT molecular complexity index is 301. The second kappa shape index (κ2) is 2.13. The third kappa shape index (κ3) is 0.845. The van der Waals surface area contributed by atoms with Crippen LogP contribution in [0.4, 0.5) is 0 Å². The number of rotatable bonds is 1. The summed E-state index contributed by atoms with van der Waals surface area (Å²) in [7, 11) is 0. The molecule has 1 aromatic rings. The van der Waals surface area contributed by atoms with E-state index in [9.17, 15) is 0 Å². The van der Waals surface area contributed by atoms with Crippen LogP contribution in [0.25, 0.3) is 0 Å². The van der Waals surface area contributed by atoms with Gasteiger partial charge in [0.15, 0.2) is 0 Å². The first-order valence-corrected chi connectivity index (χ1v) is 4.34. The monoisotopic (exact) mass is 165 g/mol. The lowest BCUT2D eigenvalue weighted by molar-refractivity contribution is 0.479. The van der Waals surface area contributed by atoms with E-state index >= 15 is 0 Å². The average molecular weight is 165 g/mol. The van der Waals surface area contributed by atoms with Crippen molar-refractivity contribution in [1.82, 2.24) is 0 Å². The Morgan fingerprint density at radius 2 is 2.08 bits per heavy atom. The van der Waals surface area contributed by atoms with Crippen molar-refractivity contribution in [2.75, 3.05) is 0 Å². The highest BCUT2D eigenvalue weighted by atomic mass is 16.3. The average Bonchev–Trinajstić information content (AvgIpc) is 2.39. The van der Waals surface area contributed by atoms with Crippen molar-refractivity contribution in [3.05, 3.63) is 23.7 Å². The summed E-state index contributed by atoms with van der Waals surface area (Å²) in [6.45, 7) is 6.44. The minimum Gasteiger partial charge on any atom is -0.469 e. The highest BCUT2D eigenvalue weighted by Gasteiger charge is 2.58. The van der Waals surface area contributed by atoms with Gasteiger partial charge in [-0.2, -0.15) is 0 Å². The van der Waals surface area contributed by atoms with Gasteiger partial charge in [-0.15, -0.1) is 0 Å². The molecule has 2 heteroatoms. The molecule has 2 atom stereocenters. The van der Waals surface area contributed by atoms with Crippen LogP contribution in [0.1, 0.15) is 31.1 Å². The second-order valence-electron chi connectivity index (χ2n) is 4.29. The summed E-state index contributed by atoms with van der Waals surface area (Å²) >= 11 is 0. The fraction of sp³-hybridized carbons (Fsp3) is 0.600. The highest BCUT2D eigenvalue weighted by molar-refractivity contribution is 5.32. The van der Waals surface area contributed by atoms with Crippen molar-refractivity contribution in [2.24, 2.45) is 11.1 Å². The zero-order chi connectivity index (χ0) is 8.93. The van der Waals surface area contributed by atoms with E-state index in [-0.39, 0.29) is 11.5 Å². The quantitative estimate of drug-likeness (QED) is 0.691. The number of furan rings is 1. The lowest BCUT2D eigenvalue weighted by atomic mass is 10.1. The third-order valence-electron chi connectivity index (χ3n) is 3.09. The van der Waals surface area contributed by atoms with Crippen LogP contribution in [0.3, 0.4) is 0 Å². The maximum absolute atomic E-state index is 5.94. The normalized spacial score (nSPS) is 32.0. The van der Waals surface area contributed by atoms with E-state index < -0.39 is 0 Å². The molecule has 0 bridgehead atoms. The van der Waals surface area contributed by atoms with E-state index in [2.05, 4.69) is 20.8 Å². The van der Waals surface area contributed by atoms with Gasteiger partial charge in [0.05, 0.1) is 6.26 Å². The molecule has 1 aliphatic carbocycles. The maximum Gasteiger partial charge on any atom is 0.111 e. The Morgan fingerprint density at radius 1 is 1.50 bits per heavy atom. The van der Waals surface area contributed by atoms with Crippen molar-refractivity contribution in [2.45, 2.75) is 32.7 Å². The number of aryl methyl sites for hydroxylation is 1. The van der Waals surface area contributed by atoms with Gasteiger partial charge < -0.3 is 10.2 Å². The Kier molecular flexibility index (Phi) is 1.40. The molecule has 1 fully saturated rings. The van der Waals surface area contributed by atoms with Gasteiger partial charge >= 0.3 is 0 Å². The van der Waals surface area contributed by atoms with Gasteiger partial charge in [-0.25, -0.2) is 0 Å². The molecule has 0 aromatic carbocycles. The molecule has 2 nitrogen and oxygen atoms in total. The van der Waals surface area contributed by atoms with Gasteiger partial charge in [-0.05, 0) is 24.0 Å². The van der Waals surface area contributed by atoms with Crippen LogP contribution in [0.2, 0.25) is 0 Å². The maximum atomic E-state index is 5.94. The van der Waals surface area contributed by atoms with Gasteiger partial charge in [0, 0.05) is 12.0 Å². The molecule has 1 aromatic heterocycles. The Labute approximate surface area is 72.7 Å². The van der Waals surface area contributed by atoms with E-state index in [1.54, 1.807) is 6.26 Å². The SMILES string of the molecule is Cc1ccoc1[C@@H]1[C@@H](N)C1(C)C. The summed E-state index contributed by atoms with van der Waals surface area (Å²) in [4.78, 5) is 0. The molecule has 2 rings (SSSR count). The molecular weight excluding hydrogens is 150 g/mol. The van der Waals surface area contributed by atoms with Gasteiger partial charge in [0.2, 0.25) is 0 Å². The highest BCUT2D eigenvalue weighted by Crippen LogP contribution is 2.57. The first-order valence-electron chi connectivity index (χ1n) is 4.34. The number of nitrogens with two attached hydrogens (primary N) is 1. The van der Waals surface area contributed by atoms with E-state index in [0.717, 1.165) is 5.76 Å². The van der Waals surface area contributed by atoms with Crippen molar-refractivity contribution in [3.8, 4) is 0 Å². The molecule has 12 heavy (non-hydrogen) atoms. The van der Waals surface area contributed by atoms with Gasteiger partial charge in [0.25, 0.3) is 0 Å². The molecule has 0 saturated heterocycles. The summed E-state index contributed by atoms with van der Waals surface area (Å²) in [6, 6.07) is 2.26. The Balaban J connectivity index is 2.30. The van der Waals surface area contributed by atoms with Crippen LogP contribution in [-0.2, 0) is 0 Å². The summed E-state index contributed by atoms with van der Waals surface area (Å²) < 4.78 is 5.41. The first kappa shape index (κ1) is 7.87. The lowest BCUT2D eigenvalue weighted by Crippen LogP contribution is -2.06. The summed E-state index contributed by atoms with van der Waals surface area (Å²) in [5, 5.41) is 0. The molecule has 0 spiro atoms. The summed E-state index contributed by atoms with van der Waals surface area (Å²) in [6.07, 6.45) is 1.74. The van der Waals surface area contributed by atoms with E-state index in [4.69, 9.17) is 10.2 Å². The van der Waals surface area contributed by atoms with Crippen molar-refractivity contribution in [1.29, 1.82) is 0 Å². The Hall–Kier alpha value is -0.760. The van der Waals surface area contributed by atoms with Crippen LogP contribution in [0.5, 0.6) is 0 Å². The summed E-state index contributed by atoms with van der Waals surface area (Å²) in [5.41, 5.74) is 7.39. The Morgan fingerprint density at radius 3 is 2.42 bits per heavy atom. The van der Waals surface area contributed by atoms with E-state index in [1.165, 1.54) is 5.56 Å². The molecule has 0 radical (unpaired) electrons. The smallest absolute Gasteiger partial charge is 0.111 e. The van der Waals surface area contributed by atoms with Crippen molar-refractivity contribution >= 4 is 0 Å². The molecular formula is C10H15NO. The predicted octanol–water partition coefficient (Wildman–Crippen LogP) is 2.04. The molecule has 66 valence electrons. The molecule has 1 heterocycles. The minimum atomic E-state index is 0.225. The zero-order valence-electron chi connectivity index (χ0n) is 7.79. The van der Waals surface area contributed by atoms with E-state index in [0.29, 0.717) is 5.92 Å². The minimum absolute atomic E-state index is 0.225. The fourth-order valence-electron chi connectivity index (χ4n) is 1.88. The number of hydrogen-bond acceptors (Lipinski definition) is 2. The van der Waals surface area contributed by atoms with Crippen LogP contribution >= 0.6 is 0 Å². The topological polar surface area (TPSA) is 39.2 Å². The van der Waals surface area contributed by atoms with Gasteiger partial charge in [-0.3, -0.25) is 0 Å². The number of hydrogen-bond donors (Lipinski definition) is 1. The molecule has 0 aliphatic heterocycles. The first-order chi connectivity index (χ1) is 5.55. The van der Waals surface area contributed by atoms with Crippen molar-refractivity contribution < 1.29 is 4.42 Å². The van der Waals surface area contributed by atoms with Crippen LogP contribution in [0.15, 0.2) is 16.7 Å². The standard InChI is InChI=1S/C10H15NO/c1-6-4-5-12-8(6)7-9(11)10(7,2)3/h4-5,7,9H,11H2,1-3H3/t7-,9-/m1/s1. The molecule has 0 amide bonds. The van der Waals surface area contributed by atoms with Gasteiger partial charge in [0.1, 0.15) is 5.76 Å². The predicted molar refractivity (Wildman–Crippen MR) is 47.9 cm³/mol. The third-order valence-corrected chi connectivity index (χ3v) is 3.09. The van der Waals surface area contributed by atoms with Crippen LogP contribution in [-0.4, -0.2) is 6.04 Å². The largest absolute Gasteiger partial charge is 0.469 e. The van der Waals surface area contributed by atoms with E-state index in [1.807, 2.05) is 6.07 Å². The lowest BCUT2D eigenvalue weighted by Gasteiger charge is -1.99. The second-order valence-corrected chi connectivity index (χ2v) is 4.29. The van der Waals surface area contributed by atoms with Gasteiger partial charge in [-0.1, -0.05) is 13.8 Å². The zero-order valence-corrected chi connectivity index (χ0v) is 7.79.